The lowest BCUT2D eigenvalue weighted by atomic mass is 9.99. The van der Waals surface area contributed by atoms with Gasteiger partial charge in [0.05, 0.1) is 25.4 Å². The zero-order valence-corrected chi connectivity index (χ0v) is 55.9. The number of amides is 1. The summed E-state index contributed by atoms with van der Waals surface area (Å²) in [5.74, 6) is -0.137. The molecule has 0 aromatic carbocycles. The Bertz CT molecular complexity index is 1530. The Balaban J connectivity index is 2.03. The van der Waals surface area contributed by atoms with E-state index in [1.165, 1.54) is 263 Å². The number of hydrogen-bond acceptors (Lipinski definition) is 8. The normalized spacial score (nSPS) is 18.4. The highest BCUT2D eigenvalue weighted by Crippen LogP contribution is 2.24. The molecule has 1 heterocycles. The number of allylic oxidation sites excluding steroid dienone is 10. The lowest BCUT2D eigenvalue weighted by molar-refractivity contribution is -0.302. The maximum absolute atomic E-state index is 13.2. The fourth-order valence-electron chi connectivity index (χ4n) is 11.9. The van der Waals surface area contributed by atoms with Gasteiger partial charge in [0.2, 0.25) is 5.91 Å². The number of ether oxygens (including phenoxy) is 2. The Labute approximate surface area is 526 Å². The van der Waals surface area contributed by atoms with E-state index in [0.717, 1.165) is 70.6 Å². The molecule has 0 bridgehead atoms. The molecule has 498 valence electrons. The van der Waals surface area contributed by atoms with Crippen molar-refractivity contribution in [1.82, 2.24) is 5.32 Å². The number of hydrogen-bond donors (Lipinski definition) is 6. The van der Waals surface area contributed by atoms with Crippen LogP contribution < -0.4 is 5.32 Å². The molecule has 0 radical (unpaired) electrons. The van der Waals surface area contributed by atoms with Crippen LogP contribution in [-0.4, -0.2) is 87.5 Å². The van der Waals surface area contributed by atoms with E-state index in [1.807, 2.05) is 0 Å². The minimum atomic E-state index is -1.55. The third-order valence-electron chi connectivity index (χ3n) is 17.6. The van der Waals surface area contributed by atoms with Crippen molar-refractivity contribution in [2.75, 3.05) is 13.2 Å². The highest BCUT2D eigenvalue weighted by molar-refractivity contribution is 5.76. The molecule has 9 nitrogen and oxygen atoms in total. The summed E-state index contributed by atoms with van der Waals surface area (Å²) in [4.78, 5) is 13.2. The van der Waals surface area contributed by atoms with Crippen molar-refractivity contribution in [3.05, 3.63) is 60.8 Å². The summed E-state index contributed by atoms with van der Waals surface area (Å²) < 4.78 is 11.4. The summed E-state index contributed by atoms with van der Waals surface area (Å²) in [6.07, 6.45) is 83.1. The Hall–Kier alpha value is -2.11. The van der Waals surface area contributed by atoms with Gasteiger partial charge in [-0.2, -0.15) is 0 Å². The minimum Gasteiger partial charge on any atom is -0.394 e. The number of aliphatic hydroxyl groups excluding tert-OH is 5. The van der Waals surface area contributed by atoms with Crippen molar-refractivity contribution in [1.29, 1.82) is 0 Å². The molecular formula is C76H141NO8. The number of nitrogens with one attached hydrogen (secondary N) is 1. The molecule has 1 amide bonds. The van der Waals surface area contributed by atoms with Crippen LogP contribution in [0.5, 0.6) is 0 Å². The zero-order chi connectivity index (χ0) is 61.4. The van der Waals surface area contributed by atoms with Crippen molar-refractivity contribution >= 4 is 5.91 Å². The average Bonchev–Trinajstić information content (AvgIpc) is 3.68. The zero-order valence-electron chi connectivity index (χ0n) is 55.9. The van der Waals surface area contributed by atoms with Gasteiger partial charge in [-0.25, -0.2) is 0 Å². The molecule has 9 heteroatoms. The van der Waals surface area contributed by atoms with E-state index < -0.39 is 49.5 Å². The van der Waals surface area contributed by atoms with E-state index in [-0.39, 0.29) is 12.5 Å². The molecule has 0 aromatic heterocycles. The second-order valence-electron chi connectivity index (χ2n) is 25.7. The number of carbonyl (C=O) groups excluding carboxylic acids is 1. The summed E-state index contributed by atoms with van der Waals surface area (Å²) in [7, 11) is 0. The van der Waals surface area contributed by atoms with Crippen LogP contribution in [0.2, 0.25) is 0 Å². The van der Waals surface area contributed by atoms with Crippen LogP contribution in [0.3, 0.4) is 0 Å². The van der Waals surface area contributed by atoms with E-state index in [1.54, 1.807) is 0 Å². The molecule has 6 N–H and O–H groups in total. The standard InChI is InChI=1S/C76H141NO8/c1-3-5-7-9-11-13-15-17-19-21-23-25-26-27-28-29-30-31-32-33-34-35-36-37-38-39-40-41-42-43-44-46-48-50-52-54-56-58-60-62-64-66-72(80)77-69(68-84-76-75(83)74(82)73(81)71(67-78)85-76)70(79)65-63-61-59-57-55-53-51-49-47-45-24-22-20-18-16-14-12-10-8-6-4-2/h5,7,11,13,17,19,23,25,27-28,69-71,73-76,78-79,81-83H,3-4,6,8-10,12,14-16,18,20-22,24,26,29-68H2,1-2H3,(H,77,80)/b7-5-,13-11-,19-17-,25-23-,28-27-. The highest BCUT2D eigenvalue weighted by Gasteiger charge is 2.44. The Kier molecular flexibility index (Phi) is 61.7. The first-order chi connectivity index (χ1) is 41.8. The van der Waals surface area contributed by atoms with Crippen LogP contribution >= 0.6 is 0 Å². The highest BCUT2D eigenvalue weighted by atomic mass is 16.7. The van der Waals surface area contributed by atoms with Gasteiger partial charge < -0.3 is 40.3 Å². The SMILES string of the molecule is CC/C=C\C/C=C\C/C=C\C/C=C\C/C=C\CCCCCCCCCCCCCCCCCCCCCCCCCCCC(=O)NC(COC1OC(CO)C(O)C(O)C1O)C(O)CCCCCCCCCCCCCCCCCCCCCCC. The quantitative estimate of drug-likeness (QED) is 0.0261. The van der Waals surface area contributed by atoms with Gasteiger partial charge in [-0.05, 0) is 57.8 Å². The van der Waals surface area contributed by atoms with Crippen molar-refractivity contribution in [3.8, 4) is 0 Å². The Morgan fingerprint density at radius 1 is 0.412 bits per heavy atom. The first-order valence-corrected chi connectivity index (χ1v) is 37.0. The maximum Gasteiger partial charge on any atom is 0.220 e. The summed E-state index contributed by atoms with van der Waals surface area (Å²) in [6.45, 7) is 3.77. The number of carbonyl (C=O) groups is 1. The topological polar surface area (TPSA) is 149 Å². The molecule has 1 aliphatic heterocycles. The third-order valence-corrected chi connectivity index (χ3v) is 17.6. The van der Waals surface area contributed by atoms with Crippen molar-refractivity contribution in [2.24, 2.45) is 0 Å². The monoisotopic (exact) mass is 1200 g/mol. The van der Waals surface area contributed by atoms with E-state index >= 15 is 0 Å². The molecule has 1 aliphatic rings. The minimum absolute atomic E-state index is 0.134. The molecular weight excluding hydrogens is 1050 g/mol. The maximum atomic E-state index is 13.2. The van der Waals surface area contributed by atoms with E-state index in [4.69, 9.17) is 9.47 Å². The molecule has 0 aliphatic carbocycles. The first kappa shape index (κ1) is 80.9. The fourth-order valence-corrected chi connectivity index (χ4v) is 11.9. The van der Waals surface area contributed by atoms with Crippen molar-refractivity contribution < 1.29 is 39.8 Å². The Morgan fingerprint density at radius 2 is 0.729 bits per heavy atom. The second-order valence-corrected chi connectivity index (χ2v) is 25.7. The molecule has 7 atom stereocenters. The van der Waals surface area contributed by atoms with Gasteiger partial charge in [-0.15, -0.1) is 0 Å². The molecule has 0 saturated carbocycles. The summed E-state index contributed by atoms with van der Waals surface area (Å²) >= 11 is 0. The molecule has 7 unspecified atom stereocenters. The number of unbranched alkanes of at least 4 members (excludes halogenated alkanes) is 45. The second kappa shape index (κ2) is 64.9. The molecule has 1 fully saturated rings. The lowest BCUT2D eigenvalue weighted by Gasteiger charge is -2.40. The predicted molar refractivity (Wildman–Crippen MR) is 364 cm³/mol. The molecule has 0 spiro atoms. The van der Waals surface area contributed by atoms with Gasteiger partial charge in [-0.3, -0.25) is 4.79 Å². The molecule has 85 heavy (non-hydrogen) atoms. The van der Waals surface area contributed by atoms with Gasteiger partial charge in [-0.1, -0.05) is 357 Å². The van der Waals surface area contributed by atoms with Gasteiger partial charge in [0, 0.05) is 6.42 Å². The number of rotatable bonds is 65. The number of aliphatic hydroxyl groups is 5. The summed E-state index contributed by atoms with van der Waals surface area (Å²) in [5.41, 5.74) is 0. The molecule has 1 rings (SSSR count). The van der Waals surface area contributed by atoms with Gasteiger partial charge >= 0.3 is 0 Å². The van der Waals surface area contributed by atoms with E-state index in [0.29, 0.717) is 12.8 Å². The van der Waals surface area contributed by atoms with E-state index in [9.17, 15) is 30.3 Å². The summed E-state index contributed by atoms with van der Waals surface area (Å²) in [5, 5.41) is 55.0. The average molecular weight is 1200 g/mol. The van der Waals surface area contributed by atoms with Gasteiger partial charge in [0.15, 0.2) is 6.29 Å². The smallest absolute Gasteiger partial charge is 0.220 e. The Morgan fingerprint density at radius 3 is 1.08 bits per heavy atom. The molecule has 1 saturated heterocycles. The van der Waals surface area contributed by atoms with Crippen molar-refractivity contribution in [2.45, 2.75) is 403 Å². The van der Waals surface area contributed by atoms with Crippen LogP contribution in [-0.2, 0) is 14.3 Å². The van der Waals surface area contributed by atoms with Crippen LogP contribution in [0.25, 0.3) is 0 Å². The van der Waals surface area contributed by atoms with Crippen LogP contribution in [0, 0.1) is 0 Å². The largest absolute Gasteiger partial charge is 0.394 e. The van der Waals surface area contributed by atoms with Crippen LogP contribution in [0.15, 0.2) is 60.8 Å². The van der Waals surface area contributed by atoms with Crippen LogP contribution in [0.1, 0.15) is 361 Å². The lowest BCUT2D eigenvalue weighted by Crippen LogP contribution is -2.60. The third kappa shape index (κ3) is 53.4. The summed E-state index contributed by atoms with van der Waals surface area (Å²) in [6, 6.07) is -0.719. The van der Waals surface area contributed by atoms with Crippen LogP contribution in [0.4, 0.5) is 0 Å². The first-order valence-electron chi connectivity index (χ1n) is 37.0. The fraction of sp³-hybridized carbons (Fsp3) is 0.855. The molecule has 0 aromatic rings. The van der Waals surface area contributed by atoms with Gasteiger partial charge in [0.25, 0.3) is 0 Å². The van der Waals surface area contributed by atoms with Crippen molar-refractivity contribution in [3.63, 3.8) is 0 Å². The predicted octanol–water partition coefficient (Wildman–Crippen LogP) is 20.5. The van der Waals surface area contributed by atoms with Gasteiger partial charge in [0.1, 0.15) is 24.4 Å². The van der Waals surface area contributed by atoms with E-state index in [2.05, 4.69) is 79.9 Å².